The summed E-state index contributed by atoms with van der Waals surface area (Å²) in [5.41, 5.74) is 0.0967. The largest absolute Gasteiger partial charge is 0.331 e. The zero-order chi connectivity index (χ0) is 14.3. The van der Waals surface area contributed by atoms with E-state index in [4.69, 9.17) is 11.6 Å². The number of nitrogens with zero attached hydrogens (tertiary/aromatic N) is 2. The molecule has 0 saturated carbocycles. The molecule has 1 aliphatic rings. The summed E-state index contributed by atoms with van der Waals surface area (Å²) >= 11 is 5.96. The van der Waals surface area contributed by atoms with Crippen molar-refractivity contribution in [3.05, 3.63) is 44.1 Å². The smallest absolute Gasteiger partial charge is 0.316 e. The van der Waals surface area contributed by atoms with Gasteiger partial charge in [-0.25, -0.2) is 4.79 Å². The number of fused-ring (bicyclic) bond motifs is 1. The van der Waals surface area contributed by atoms with Crippen LogP contribution >= 0.6 is 11.6 Å². The zero-order valence-corrected chi connectivity index (χ0v) is 12.0. The van der Waals surface area contributed by atoms with E-state index in [0.29, 0.717) is 28.4 Å². The maximum Gasteiger partial charge on any atom is 0.331 e. The Hall–Kier alpha value is -1.59. The highest BCUT2D eigenvalue weighted by atomic mass is 35.5. The van der Waals surface area contributed by atoms with Gasteiger partial charge in [-0.15, -0.1) is 0 Å². The van der Waals surface area contributed by atoms with E-state index in [-0.39, 0.29) is 11.2 Å². The summed E-state index contributed by atoms with van der Waals surface area (Å²) in [6, 6.07) is 5.03. The summed E-state index contributed by atoms with van der Waals surface area (Å²) in [6.45, 7) is 2.25. The molecule has 5 nitrogen and oxygen atoms in total. The highest BCUT2D eigenvalue weighted by Gasteiger charge is 2.19. The molecule has 1 fully saturated rings. The van der Waals surface area contributed by atoms with Gasteiger partial charge >= 0.3 is 5.69 Å². The van der Waals surface area contributed by atoms with Crippen LogP contribution in [0.3, 0.4) is 0 Å². The van der Waals surface area contributed by atoms with Crippen molar-refractivity contribution in [2.45, 2.75) is 13.0 Å². The van der Waals surface area contributed by atoms with Gasteiger partial charge in [0.25, 0.3) is 5.56 Å². The fourth-order valence-corrected chi connectivity index (χ4v) is 2.95. The molecule has 0 aliphatic carbocycles. The predicted octanol–water partition coefficient (Wildman–Crippen LogP) is 0.963. The van der Waals surface area contributed by atoms with Crippen LogP contribution in [-0.2, 0) is 13.6 Å². The molecule has 20 heavy (non-hydrogen) atoms. The summed E-state index contributed by atoms with van der Waals surface area (Å²) in [6.07, 6.45) is 0.989. The predicted molar refractivity (Wildman–Crippen MR) is 79.4 cm³/mol. The van der Waals surface area contributed by atoms with Gasteiger partial charge < -0.3 is 5.32 Å². The number of aryl methyl sites for hydroxylation is 1. The fraction of sp³-hybridized carbons (Fsp3) is 0.429. The third-order valence-corrected chi connectivity index (χ3v) is 4.15. The van der Waals surface area contributed by atoms with E-state index >= 15 is 0 Å². The number of hydrogen-bond acceptors (Lipinski definition) is 3. The lowest BCUT2D eigenvalue weighted by Gasteiger charge is -2.13. The molecule has 1 atom stereocenters. The molecule has 2 aromatic rings. The first-order valence-corrected chi connectivity index (χ1v) is 7.05. The van der Waals surface area contributed by atoms with E-state index in [9.17, 15) is 9.59 Å². The van der Waals surface area contributed by atoms with Gasteiger partial charge in [-0.3, -0.25) is 13.9 Å². The molecule has 6 heteroatoms. The second-order valence-corrected chi connectivity index (χ2v) is 5.71. The maximum absolute atomic E-state index is 12.5. The first-order chi connectivity index (χ1) is 9.58. The van der Waals surface area contributed by atoms with Crippen molar-refractivity contribution in [1.29, 1.82) is 0 Å². The molecule has 0 spiro atoms. The van der Waals surface area contributed by atoms with Crippen molar-refractivity contribution in [3.8, 4) is 0 Å². The van der Waals surface area contributed by atoms with Crippen molar-refractivity contribution >= 4 is 22.5 Å². The van der Waals surface area contributed by atoms with Crippen LogP contribution in [-0.4, -0.2) is 22.2 Å². The second-order valence-electron chi connectivity index (χ2n) is 5.28. The molecule has 1 unspecified atom stereocenters. The number of benzene rings is 1. The van der Waals surface area contributed by atoms with E-state index in [1.165, 1.54) is 9.13 Å². The minimum Gasteiger partial charge on any atom is -0.316 e. The van der Waals surface area contributed by atoms with Gasteiger partial charge in [0.1, 0.15) is 0 Å². The highest BCUT2D eigenvalue weighted by Crippen LogP contribution is 2.15. The Labute approximate surface area is 120 Å². The van der Waals surface area contributed by atoms with E-state index in [2.05, 4.69) is 5.32 Å². The Bertz CT molecular complexity index is 772. The minimum atomic E-state index is -0.267. The molecule has 2 heterocycles. The zero-order valence-electron chi connectivity index (χ0n) is 11.2. The van der Waals surface area contributed by atoms with Crippen LogP contribution in [0.15, 0.2) is 27.8 Å². The lowest BCUT2D eigenvalue weighted by molar-refractivity contribution is 0.452. The monoisotopic (exact) mass is 293 g/mol. The van der Waals surface area contributed by atoms with Crippen molar-refractivity contribution in [3.63, 3.8) is 0 Å². The van der Waals surface area contributed by atoms with Crippen LogP contribution in [0.25, 0.3) is 10.9 Å². The van der Waals surface area contributed by atoms with Crippen LogP contribution in [0.4, 0.5) is 0 Å². The van der Waals surface area contributed by atoms with Crippen molar-refractivity contribution in [1.82, 2.24) is 14.5 Å². The number of nitrogens with one attached hydrogen (secondary N) is 1. The summed E-state index contributed by atoms with van der Waals surface area (Å²) < 4.78 is 2.84. The topological polar surface area (TPSA) is 56.0 Å². The van der Waals surface area contributed by atoms with E-state index in [0.717, 1.165) is 19.5 Å². The average molecular weight is 294 g/mol. The van der Waals surface area contributed by atoms with Crippen LogP contribution in [0.5, 0.6) is 0 Å². The van der Waals surface area contributed by atoms with Crippen molar-refractivity contribution < 1.29 is 0 Å². The normalized spacial score (nSPS) is 18.8. The summed E-state index contributed by atoms with van der Waals surface area (Å²) in [5.74, 6) is 0.331. The SMILES string of the molecule is Cn1c(=O)n(CC2CCNC2)c(=O)c2cc(Cl)ccc21. The summed E-state index contributed by atoms with van der Waals surface area (Å²) in [5, 5.41) is 4.24. The third kappa shape index (κ3) is 2.17. The first kappa shape index (κ1) is 13.4. The van der Waals surface area contributed by atoms with Crippen LogP contribution in [0.2, 0.25) is 5.02 Å². The van der Waals surface area contributed by atoms with Crippen molar-refractivity contribution in [2.24, 2.45) is 13.0 Å². The molecular formula is C14H16ClN3O2. The molecular weight excluding hydrogens is 278 g/mol. The van der Waals surface area contributed by atoms with Crippen LogP contribution in [0.1, 0.15) is 6.42 Å². The Morgan fingerprint density at radius 2 is 2.20 bits per heavy atom. The van der Waals surface area contributed by atoms with E-state index in [1.807, 2.05) is 0 Å². The lowest BCUT2D eigenvalue weighted by atomic mass is 10.1. The van der Waals surface area contributed by atoms with E-state index in [1.54, 1.807) is 25.2 Å². The van der Waals surface area contributed by atoms with Gasteiger partial charge in [0.05, 0.1) is 10.9 Å². The standard InChI is InChI=1S/C14H16ClN3O2/c1-17-12-3-2-10(15)6-11(12)13(19)18(14(17)20)8-9-4-5-16-7-9/h2-3,6,9,16H,4-5,7-8H2,1H3. The van der Waals surface area contributed by atoms with Gasteiger partial charge in [-0.05, 0) is 43.6 Å². The number of aromatic nitrogens is 2. The maximum atomic E-state index is 12.5. The molecule has 106 valence electrons. The third-order valence-electron chi connectivity index (χ3n) is 3.92. The number of halogens is 1. The van der Waals surface area contributed by atoms with Crippen LogP contribution in [0, 0.1) is 5.92 Å². The molecule has 1 aromatic carbocycles. The van der Waals surface area contributed by atoms with Crippen LogP contribution < -0.4 is 16.6 Å². The molecule has 1 aliphatic heterocycles. The van der Waals surface area contributed by atoms with Gasteiger partial charge in [0, 0.05) is 18.6 Å². The van der Waals surface area contributed by atoms with Gasteiger partial charge in [-0.2, -0.15) is 0 Å². The molecule has 1 saturated heterocycles. The Morgan fingerprint density at radius 3 is 2.90 bits per heavy atom. The molecule has 0 bridgehead atoms. The van der Waals surface area contributed by atoms with E-state index < -0.39 is 0 Å². The molecule has 1 N–H and O–H groups in total. The molecule has 0 radical (unpaired) electrons. The fourth-order valence-electron chi connectivity index (χ4n) is 2.78. The molecule has 0 amide bonds. The number of rotatable bonds is 2. The van der Waals surface area contributed by atoms with Gasteiger partial charge in [0.15, 0.2) is 0 Å². The summed E-state index contributed by atoms with van der Waals surface area (Å²) in [4.78, 5) is 24.9. The lowest BCUT2D eigenvalue weighted by Crippen LogP contribution is -2.40. The Kier molecular flexibility index (Phi) is 3.40. The second kappa shape index (κ2) is 5.07. The first-order valence-electron chi connectivity index (χ1n) is 6.67. The summed E-state index contributed by atoms with van der Waals surface area (Å²) in [7, 11) is 1.68. The minimum absolute atomic E-state index is 0.252. The number of hydrogen-bond donors (Lipinski definition) is 1. The van der Waals surface area contributed by atoms with Gasteiger partial charge in [0.2, 0.25) is 0 Å². The highest BCUT2D eigenvalue weighted by molar-refractivity contribution is 6.31. The van der Waals surface area contributed by atoms with Gasteiger partial charge in [-0.1, -0.05) is 11.6 Å². The van der Waals surface area contributed by atoms with Crippen molar-refractivity contribution in [2.75, 3.05) is 13.1 Å². The average Bonchev–Trinajstić information content (AvgIpc) is 2.94. The quantitative estimate of drug-likeness (QED) is 0.897. The molecule has 3 rings (SSSR count). The Morgan fingerprint density at radius 1 is 1.40 bits per heavy atom. The molecule has 1 aromatic heterocycles. The Balaban J connectivity index is 2.21.